The molecule has 0 saturated carbocycles. The molecule has 10 heteroatoms. The highest BCUT2D eigenvalue weighted by Crippen LogP contribution is 2.09. The van der Waals surface area contributed by atoms with Crippen molar-refractivity contribution in [3.05, 3.63) is 95.6 Å². The Bertz CT molecular complexity index is 1180. The van der Waals surface area contributed by atoms with Gasteiger partial charge in [0.25, 0.3) is 11.8 Å². The first-order valence-corrected chi connectivity index (χ1v) is 13.2. The third-order valence-electron chi connectivity index (χ3n) is 6.31. The van der Waals surface area contributed by atoms with Crippen molar-refractivity contribution in [3.63, 3.8) is 0 Å². The van der Waals surface area contributed by atoms with Gasteiger partial charge in [-0.25, -0.2) is 0 Å². The van der Waals surface area contributed by atoms with Gasteiger partial charge >= 0.3 is 0 Å². The van der Waals surface area contributed by atoms with E-state index < -0.39 is 12.1 Å². The molecule has 0 radical (unpaired) electrons. The number of pyridine rings is 2. The van der Waals surface area contributed by atoms with Crippen LogP contribution >= 0.6 is 0 Å². The Kier molecular flexibility index (Phi) is 10.9. The summed E-state index contributed by atoms with van der Waals surface area (Å²) in [6.45, 7) is 8.05. The van der Waals surface area contributed by atoms with Crippen LogP contribution in [0.15, 0.2) is 73.3 Å². The average molecular weight is 545 g/mol. The van der Waals surface area contributed by atoms with Crippen molar-refractivity contribution < 1.29 is 19.2 Å². The first-order chi connectivity index (χ1) is 19.2. The number of carbonyl (C=O) groups excluding carboxylic acids is 4. The third-order valence-corrected chi connectivity index (χ3v) is 6.31. The van der Waals surface area contributed by atoms with E-state index in [1.807, 2.05) is 52.0 Å². The van der Waals surface area contributed by atoms with E-state index in [0.29, 0.717) is 11.1 Å². The molecule has 40 heavy (non-hydrogen) atoms. The lowest BCUT2D eigenvalue weighted by molar-refractivity contribution is -0.124. The number of rotatable bonds is 12. The molecule has 0 aliphatic heterocycles. The van der Waals surface area contributed by atoms with E-state index in [1.54, 1.807) is 24.3 Å². The minimum absolute atomic E-state index is 0.110. The molecule has 0 fully saturated rings. The van der Waals surface area contributed by atoms with Crippen molar-refractivity contribution in [2.24, 2.45) is 11.8 Å². The number of hydrogen-bond donors (Lipinski definition) is 4. The van der Waals surface area contributed by atoms with Gasteiger partial charge in [-0.15, -0.1) is 0 Å². The van der Waals surface area contributed by atoms with Crippen LogP contribution in [0.2, 0.25) is 0 Å². The summed E-state index contributed by atoms with van der Waals surface area (Å²) in [6, 6.07) is 12.5. The van der Waals surface area contributed by atoms with E-state index in [9.17, 15) is 19.2 Å². The molecule has 0 aliphatic rings. The van der Waals surface area contributed by atoms with E-state index in [-0.39, 0.29) is 48.6 Å². The number of aromatic nitrogens is 2. The maximum absolute atomic E-state index is 12.8. The molecule has 2 unspecified atom stereocenters. The molecule has 3 aromatic rings. The zero-order valence-corrected chi connectivity index (χ0v) is 23.2. The van der Waals surface area contributed by atoms with Gasteiger partial charge in [-0.1, -0.05) is 52.0 Å². The molecule has 4 amide bonds. The van der Waals surface area contributed by atoms with Crippen LogP contribution in [0, 0.1) is 11.8 Å². The maximum atomic E-state index is 12.8. The molecule has 1 aromatic carbocycles. The lowest BCUT2D eigenvalue weighted by atomic mass is 10.0. The fourth-order valence-electron chi connectivity index (χ4n) is 3.90. The molecule has 10 nitrogen and oxygen atoms in total. The van der Waals surface area contributed by atoms with Gasteiger partial charge in [0.15, 0.2) is 0 Å². The Labute approximate surface area is 234 Å². The van der Waals surface area contributed by atoms with E-state index in [0.717, 1.165) is 11.1 Å². The number of nitrogens with zero attached hydrogens (tertiary/aromatic N) is 2. The van der Waals surface area contributed by atoms with Gasteiger partial charge < -0.3 is 21.3 Å². The summed E-state index contributed by atoms with van der Waals surface area (Å²) in [4.78, 5) is 58.5. The first-order valence-electron chi connectivity index (χ1n) is 13.2. The number of hydrogen-bond acceptors (Lipinski definition) is 6. The average Bonchev–Trinajstić information content (AvgIpc) is 2.97. The van der Waals surface area contributed by atoms with Crippen molar-refractivity contribution in [2.75, 3.05) is 0 Å². The first kappa shape index (κ1) is 29.9. The highest BCUT2D eigenvalue weighted by atomic mass is 16.2. The maximum Gasteiger partial charge on any atom is 0.252 e. The van der Waals surface area contributed by atoms with Gasteiger partial charge in [0.2, 0.25) is 11.8 Å². The van der Waals surface area contributed by atoms with Gasteiger partial charge in [-0.3, -0.25) is 29.1 Å². The Balaban J connectivity index is 1.50. The lowest BCUT2D eigenvalue weighted by Gasteiger charge is -2.22. The quantitative estimate of drug-likeness (QED) is 0.276. The fraction of sp³-hybridized carbons (Fsp3) is 0.333. The molecule has 0 aliphatic carbocycles. The predicted molar refractivity (Wildman–Crippen MR) is 151 cm³/mol. The second-order valence-corrected chi connectivity index (χ2v) is 10.1. The predicted octanol–water partition coefficient (Wildman–Crippen LogP) is 2.62. The van der Waals surface area contributed by atoms with Crippen LogP contribution in [0.5, 0.6) is 0 Å². The van der Waals surface area contributed by atoms with E-state index in [4.69, 9.17) is 0 Å². The summed E-state index contributed by atoms with van der Waals surface area (Å²) in [5.41, 5.74) is 2.62. The SMILES string of the molecule is CC(C)C(NC(=O)c1ccncc1)C(=O)NCc1ccc(CNC(=O)C(NC(=O)c2ccncc2)C(C)C)cc1. The Hall–Kier alpha value is -4.60. The molecular weight excluding hydrogens is 508 g/mol. The summed E-state index contributed by atoms with van der Waals surface area (Å²) >= 11 is 0. The van der Waals surface area contributed by atoms with E-state index in [1.165, 1.54) is 24.8 Å². The number of carbonyl (C=O) groups is 4. The zero-order chi connectivity index (χ0) is 29.1. The monoisotopic (exact) mass is 544 g/mol. The van der Waals surface area contributed by atoms with Crippen LogP contribution in [0.4, 0.5) is 0 Å². The van der Waals surface area contributed by atoms with E-state index in [2.05, 4.69) is 31.2 Å². The summed E-state index contributed by atoms with van der Waals surface area (Å²) in [5.74, 6) is -1.44. The largest absolute Gasteiger partial charge is 0.350 e. The highest BCUT2D eigenvalue weighted by Gasteiger charge is 2.25. The Morgan fingerprint density at radius 3 is 1.20 bits per heavy atom. The molecule has 2 aromatic heterocycles. The normalized spacial score (nSPS) is 12.3. The molecule has 2 heterocycles. The molecule has 3 rings (SSSR count). The fourth-order valence-corrected chi connectivity index (χ4v) is 3.90. The third kappa shape index (κ3) is 8.72. The molecule has 2 atom stereocenters. The summed E-state index contributed by atoms with van der Waals surface area (Å²) < 4.78 is 0. The van der Waals surface area contributed by atoms with Gasteiger partial charge in [-0.05, 0) is 47.2 Å². The highest BCUT2D eigenvalue weighted by molar-refractivity contribution is 5.98. The number of amides is 4. The van der Waals surface area contributed by atoms with Gasteiger partial charge in [0.05, 0.1) is 0 Å². The topological polar surface area (TPSA) is 142 Å². The standard InChI is InChI=1S/C30H36N6O4/c1-19(2)25(35-27(37)23-9-13-31-14-10-23)29(39)33-17-21-5-7-22(8-6-21)18-34-30(40)26(20(3)4)36-28(38)24-11-15-32-16-12-24/h5-16,19-20,25-26H,17-18H2,1-4H3,(H,33,39)(H,34,40)(H,35,37)(H,36,38). The smallest absolute Gasteiger partial charge is 0.252 e. The molecule has 0 saturated heterocycles. The number of benzene rings is 1. The van der Waals surface area contributed by atoms with Crippen molar-refractivity contribution in [2.45, 2.75) is 52.9 Å². The van der Waals surface area contributed by atoms with Crippen LogP contribution in [-0.2, 0) is 22.7 Å². The van der Waals surface area contributed by atoms with Crippen LogP contribution in [0.25, 0.3) is 0 Å². The van der Waals surface area contributed by atoms with Crippen molar-refractivity contribution in [1.29, 1.82) is 0 Å². The Morgan fingerprint density at radius 2 is 0.900 bits per heavy atom. The second-order valence-electron chi connectivity index (χ2n) is 10.1. The zero-order valence-electron chi connectivity index (χ0n) is 23.2. The van der Waals surface area contributed by atoms with Crippen molar-refractivity contribution in [1.82, 2.24) is 31.2 Å². The lowest BCUT2D eigenvalue weighted by Crippen LogP contribution is -2.49. The van der Waals surface area contributed by atoms with E-state index >= 15 is 0 Å². The summed E-state index contributed by atoms with van der Waals surface area (Å²) in [7, 11) is 0. The Morgan fingerprint density at radius 1 is 0.575 bits per heavy atom. The second kappa shape index (κ2) is 14.5. The summed E-state index contributed by atoms with van der Waals surface area (Å²) in [5, 5.41) is 11.4. The molecule has 4 N–H and O–H groups in total. The molecule has 0 spiro atoms. The van der Waals surface area contributed by atoms with Gasteiger partial charge in [-0.2, -0.15) is 0 Å². The van der Waals surface area contributed by atoms with Gasteiger partial charge in [0.1, 0.15) is 12.1 Å². The molecule has 0 bridgehead atoms. The molecular formula is C30H36N6O4. The number of nitrogens with one attached hydrogen (secondary N) is 4. The van der Waals surface area contributed by atoms with Gasteiger partial charge in [0, 0.05) is 49.0 Å². The summed E-state index contributed by atoms with van der Waals surface area (Å²) in [6.07, 6.45) is 6.11. The van der Waals surface area contributed by atoms with Crippen LogP contribution in [0.1, 0.15) is 59.5 Å². The van der Waals surface area contributed by atoms with Crippen molar-refractivity contribution >= 4 is 23.6 Å². The van der Waals surface area contributed by atoms with Crippen LogP contribution < -0.4 is 21.3 Å². The minimum atomic E-state index is -0.692. The van der Waals surface area contributed by atoms with Crippen LogP contribution in [-0.4, -0.2) is 45.7 Å². The minimum Gasteiger partial charge on any atom is -0.350 e. The van der Waals surface area contributed by atoms with Crippen molar-refractivity contribution in [3.8, 4) is 0 Å². The molecule has 210 valence electrons. The van der Waals surface area contributed by atoms with Crippen LogP contribution in [0.3, 0.4) is 0 Å².